The Hall–Kier alpha value is -2.42. The SMILES string of the molecule is COc1ccccc1C(N)CCN1CCC2(CC1)CCN(Cc1ccc(S(C)(=O)=O)cc1)C2=O. The summed E-state index contributed by atoms with van der Waals surface area (Å²) in [5, 5.41) is 0. The van der Waals surface area contributed by atoms with Gasteiger partial charge in [0.15, 0.2) is 9.84 Å². The van der Waals surface area contributed by atoms with Crippen LogP contribution in [0.2, 0.25) is 0 Å². The molecule has 1 spiro atoms. The first-order valence-electron chi connectivity index (χ1n) is 11.9. The second kappa shape index (κ2) is 10.1. The summed E-state index contributed by atoms with van der Waals surface area (Å²) in [7, 11) is -1.55. The zero-order valence-corrected chi connectivity index (χ0v) is 20.9. The van der Waals surface area contributed by atoms with Crippen molar-refractivity contribution >= 4 is 15.7 Å². The highest BCUT2D eigenvalue weighted by Gasteiger charge is 2.47. The van der Waals surface area contributed by atoms with Crippen molar-refractivity contribution in [2.75, 3.05) is 39.5 Å². The number of ether oxygens (including phenoxy) is 1. The summed E-state index contributed by atoms with van der Waals surface area (Å²) in [6.07, 6.45) is 4.69. The fourth-order valence-electron chi connectivity index (χ4n) is 5.22. The lowest BCUT2D eigenvalue weighted by Gasteiger charge is -2.38. The molecule has 4 rings (SSSR count). The number of rotatable bonds is 8. The van der Waals surface area contributed by atoms with Gasteiger partial charge < -0.3 is 20.3 Å². The average Bonchev–Trinajstić information content (AvgIpc) is 3.13. The molecule has 2 saturated heterocycles. The number of nitrogens with two attached hydrogens (primary N) is 1. The van der Waals surface area contributed by atoms with Gasteiger partial charge in [0.1, 0.15) is 5.75 Å². The van der Waals surface area contributed by atoms with Crippen LogP contribution in [0.3, 0.4) is 0 Å². The smallest absolute Gasteiger partial charge is 0.229 e. The van der Waals surface area contributed by atoms with Crippen LogP contribution in [0.4, 0.5) is 0 Å². The standard InChI is InChI=1S/C26H35N3O4S/c1-33-24-6-4-3-5-22(24)23(27)11-15-28-16-12-26(13-17-28)14-18-29(25(26)30)19-20-7-9-21(10-8-20)34(2,31)32/h3-10,23H,11-19,27H2,1-2H3. The van der Waals surface area contributed by atoms with E-state index in [0.717, 1.165) is 68.7 Å². The molecular formula is C26H35N3O4S. The predicted octanol–water partition coefficient (Wildman–Crippen LogP) is 3.00. The van der Waals surface area contributed by atoms with Crippen LogP contribution >= 0.6 is 0 Å². The van der Waals surface area contributed by atoms with Gasteiger partial charge in [0.05, 0.1) is 17.4 Å². The maximum atomic E-state index is 13.3. The lowest BCUT2D eigenvalue weighted by molar-refractivity contribution is -0.138. The molecule has 7 nitrogen and oxygen atoms in total. The van der Waals surface area contributed by atoms with Gasteiger partial charge in [-0.1, -0.05) is 30.3 Å². The third-order valence-electron chi connectivity index (χ3n) is 7.43. The van der Waals surface area contributed by atoms with E-state index in [0.29, 0.717) is 11.4 Å². The van der Waals surface area contributed by atoms with Gasteiger partial charge in [-0.05, 0) is 69.1 Å². The molecule has 8 heteroatoms. The number of methoxy groups -OCH3 is 1. The van der Waals surface area contributed by atoms with Crippen LogP contribution < -0.4 is 10.5 Å². The first-order chi connectivity index (χ1) is 16.2. The minimum absolute atomic E-state index is 0.0790. The van der Waals surface area contributed by atoms with Crippen LogP contribution in [-0.2, 0) is 21.2 Å². The third-order valence-corrected chi connectivity index (χ3v) is 8.56. The summed E-state index contributed by atoms with van der Waals surface area (Å²) in [5.74, 6) is 1.07. The topological polar surface area (TPSA) is 92.9 Å². The van der Waals surface area contributed by atoms with Crippen molar-refractivity contribution in [1.82, 2.24) is 9.80 Å². The van der Waals surface area contributed by atoms with Gasteiger partial charge >= 0.3 is 0 Å². The summed E-state index contributed by atoms with van der Waals surface area (Å²) < 4.78 is 28.8. The fraction of sp³-hybridized carbons (Fsp3) is 0.500. The summed E-state index contributed by atoms with van der Waals surface area (Å²) >= 11 is 0. The molecule has 0 radical (unpaired) electrons. The number of likely N-dealkylation sites (tertiary alicyclic amines) is 2. The molecular weight excluding hydrogens is 450 g/mol. The van der Waals surface area contributed by atoms with Gasteiger partial charge in [-0.2, -0.15) is 0 Å². The maximum absolute atomic E-state index is 13.3. The van der Waals surface area contributed by atoms with Crippen LogP contribution in [-0.4, -0.2) is 63.7 Å². The second-order valence-corrected chi connectivity index (χ2v) is 11.7. The summed E-state index contributed by atoms with van der Waals surface area (Å²) in [6.45, 7) is 4.00. The Morgan fingerprint density at radius 3 is 2.32 bits per heavy atom. The van der Waals surface area contributed by atoms with Crippen LogP contribution in [0.1, 0.15) is 42.9 Å². The summed E-state index contributed by atoms with van der Waals surface area (Å²) in [4.78, 5) is 18.0. The molecule has 0 aromatic heterocycles. The minimum atomic E-state index is -3.21. The van der Waals surface area contributed by atoms with Gasteiger partial charge in [-0.3, -0.25) is 4.79 Å². The number of benzene rings is 2. The molecule has 0 aliphatic carbocycles. The van der Waals surface area contributed by atoms with E-state index >= 15 is 0 Å². The van der Waals surface area contributed by atoms with E-state index < -0.39 is 9.84 Å². The number of carbonyl (C=O) groups excluding carboxylic acids is 1. The van der Waals surface area contributed by atoms with E-state index in [9.17, 15) is 13.2 Å². The predicted molar refractivity (Wildman–Crippen MR) is 132 cm³/mol. The van der Waals surface area contributed by atoms with Crippen LogP contribution in [0.5, 0.6) is 5.75 Å². The Bertz CT molecular complexity index is 1110. The number of amides is 1. The van der Waals surface area contributed by atoms with Crippen LogP contribution in [0.15, 0.2) is 53.4 Å². The van der Waals surface area contributed by atoms with Crippen molar-refractivity contribution in [1.29, 1.82) is 0 Å². The third kappa shape index (κ3) is 5.29. The molecule has 1 atom stereocenters. The Labute approximate surface area is 202 Å². The number of piperidine rings is 1. The molecule has 2 fully saturated rings. The molecule has 184 valence electrons. The van der Waals surface area contributed by atoms with Crippen molar-refractivity contribution in [2.24, 2.45) is 11.1 Å². The van der Waals surface area contributed by atoms with Crippen molar-refractivity contribution in [3.63, 3.8) is 0 Å². The van der Waals surface area contributed by atoms with E-state index in [1.807, 2.05) is 41.3 Å². The van der Waals surface area contributed by atoms with Gasteiger partial charge in [0.2, 0.25) is 5.91 Å². The van der Waals surface area contributed by atoms with Crippen molar-refractivity contribution in [3.05, 3.63) is 59.7 Å². The molecule has 0 saturated carbocycles. The van der Waals surface area contributed by atoms with Crippen molar-refractivity contribution in [3.8, 4) is 5.75 Å². The van der Waals surface area contributed by atoms with E-state index in [1.54, 1.807) is 19.2 Å². The highest BCUT2D eigenvalue weighted by atomic mass is 32.2. The fourth-order valence-corrected chi connectivity index (χ4v) is 5.86. The van der Waals surface area contributed by atoms with E-state index in [4.69, 9.17) is 10.5 Å². The number of para-hydroxylation sites is 1. The zero-order chi connectivity index (χ0) is 24.3. The van der Waals surface area contributed by atoms with E-state index in [1.165, 1.54) is 6.26 Å². The van der Waals surface area contributed by atoms with Gasteiger partial charge in [0, 0.05) is 31.0 Å². The molecule has 1 amide bonds. The van der Waals surface area contributed by atoms with Gasteiger partial charge in [-0.25, -0.2) is 8.42 Å². The maximum Gasteiger partial charge on any atom is 0.229 e. The number of sulfone groups is 1. The largest absolute Gasteiger partial charge is 0.496 e. The molecule has 2 N–H and O–H groups in total. The van der Waals surface area contributed by atoms with Crippen LogP contribution in [0, 0.1) is 5.41 Å². The molecule has 1 unspecified atom stereocenters. The number of carbonyl (C=O) groups is 1. The average molecular weight is 486 g/mol. The van der Waals surface area contributed by atoms with Crippen molar-refractivity contribution in [2.45, 2.75) is 43.2 Å². The lowest BCUT2D eigenvalue weighted by atomic mass is 9.77. The quantitative estimate of drug-likeness (QED) is 0.618. The number of nitrogens with zero attached hydrogens (tertiary/aromatic N) is 2. The molecule has 2 aliphatic rings. The molecule has 2 heterocycles. The monoisotopic (exact) mass is 485 g/mol. The summed E-state index contributed by atoms with van der Waals surface area (Å²) in [5.41, 5.74) is 8.18. The Balaban J connectivity index is 1.29. The Morgan fingerprint density at radius 2 is 1.68 bits per heavy atom. The van der Waals surface area contributed by atoms with Crippen LogP contribution in [0.25, 0.3) is 0 Å². The molecule has 2 aromatic rings. The number of hydrogen-bond acceptors (Lipinski definition) is 6. The normalized spacial score (nSPS) is 19.5. The molecule has 34 heavy (non-hydrogen) atoms. The number of hydrogen-bond donors (Lipinski definition) is 1. The van der Waals surface area contributed by atoms with Crippen molar-refractivity contribution < 1.29 is 17.9 Å². The Morgan fingerprint density at radius 1 is 1.03 bits per heavy atom. The first-order valence-corrected chi connectivity index (χ1v) is 13.8. The minimum Gasteiger partial charge on any atom is -0.496 e. The highest BCUT2D eigenvalue weighted by molar-refractivity contribution is 7.90. The van der Waals surface area contributed by atoms with Gasteiger partial charge in [0.25, 0.3) is 0 Å². The molecule has 0 bridgehead atoms. The molecule has 2 aliphatic heterocycles. The molecule has 2 aromatic carbocycles. The van der Waals surface area contributed by atoms with E-state index in [2.05, 4.69) is 4.90 Å². The highest BCUT2D eigenvalue weighted by Crippen LogP contribution is 2.42. The first kappa shape index (κ1) is 24.7. The zero-order valence-electron chi connectivity index (χ0n) is 20.1. The van der Waals surface area contributed by atoms with Gasteiger partial charge in [-0.15, -0.1) is 0 Å². The lowest BCUT2D eigenvalue weighted by Crippen LogP contribution is -2.45. The Kier molecular flexibility index (Phi) is 7.31. The summed E-state index contributed by atoms with van der Waals surface area (Å²) in [6, 6.07) is 14.7. The van der Waals surface area contributed by atoms with E-state index in [-0.39, 0.29) is 17.4 Å². The second-order valence-electron chi connectivity index (χ2n) is 9.65.